The number of thiophene rings is 1. The molecule has 1 aliphatic heterocycles. The second-order valence-electron chi connectivity index (χ2n) is 4.45. The van der Waals surface area contributed by atoms with E-state index in [1.165, 1.54) is 4.88 Å². The Hall–Kier alpha value is -1.72. The van der Waals surface area contributed by atoms with Crippen LogP contribution in [-0.4, -0.2) is 11.9 Å². The number of phenols is 1. The van der Waals surface area contributed by atoms with Crippen LogP contribution in [0, 0.1) is 0 Å². The highest BCUT2D eigenvalue weighted by Gasteiger charge is 2.17. The monoisotopic (exact) mass is 277 g/mol. The molecule has 1 aliphatic rings. The molecule has 0 saturated heterocycles. The van der Waals surface area contributed by atoms with Crippen molar-refractivity contribution in [3.63, 3.8) is 0 Å². The lowest BCUT2D eigenvalue weighted by atomic mass is 10.1. The molecular formula is C14H15NO3S. The fraction of sp³-hybridized carbons (Fsp3) is 0.286. The van der Waals surface area contributed by atoms with Crippen LogP contribution in [0.25, 0.3) is 0 Å². The molecule has 0 radical (unpaired) electrons. The zero-order valence-corrected chi connectivity index (χ0v) is 11.4. The third-order valence-corrected chi connectivity index (χ3v) is 4.20. The summed E-state index contributed by atoms with van der Waals surface area (Å²) in [6.07, 6.45) is 0. The van der Waals surface area contributed by atoms with Gasteiger partial charge in [-0.15, -0.1) is 11.3 Å². The van der Waals surface area contributed by atoms with Gasteiger partial charge in [-0.2, -0.15) is 0 Å². The van der Waals surface area contributed by atoms with E-state index in [-0.39, 0.29) is 18.6 Å². The van der Waals surface area contributed by atoms with E-state index in [9.17, 15) is 5.11 Å². The van der Waals surface area contributed by atoms with E-state index in [2.05, 4.69) is 23.7 Å². The number of nitrogens with one attached hydrogen (secondary N) is 1. The van der Waals surface area contributed by atoms with Crippen LogP contribution < -0.4 is 14.8 Å². The van der Waals surface area contributed by atoms with Crippen molar-refractivity contribution in [3.8, 4) is 17.2 Å². The van der Waals surface area contributed by atoms with Gasteiger partial charge < -0.3 is 19.9 Å². The molecule has 2 aromatic rings. The van der Waals surface area contributed by atoms with Gasteiger partial charge in [-0.25, -0.2) is 0 Å². The summed E-state index contributed by atoms with van der Waals surface area (Å²) in [5.41, 5.74) is 0.813. The maximum Gasteiger partial charge on any atom is 0.231 e. The van der Waals surface area contributed by atoms with E-state index in [1.54, 1.807) is 17.4 Å². The molecule has 1 atom stereocenters. The SMILES string of the molecule is C[C@H](NCc1cc2c(cc1O)OCO2)c1cccs1. The summed E-state index contributed by atoms with van der Waals surface area (Å²) >= 11 is 1.72. The van der Waals surface area contributed by atoms with Crippen LogP contribution >= 0.6 is 11.3 Å². The maximum absolute atomic E-state index is 9.95. The van der Waals surface area contributed by atoms with Crippen molar-refractivity contribution < 1.29 is 14.6 Å². The Bertz CT molecular complexity index is 568. The van der Waals surface area contributed by atoms with Crippen LogP contribution in [-0.2, 0) is 6.54 Å². The first kappa shape index (κ1) is 12.3. The molecule has 2 heterocycles. The zero-order chi connectivity index (χ0) is 13.2. The van der Waals surface area contributed by atoms with Gasteiger partial charge in [-0.3, -0.25) is 0 Å². The normalized spacial score (nSPS) is 14.6. The quantitative estimate of drug-likeness (QED) is 0.902. The van der Waals surface area contributed by atoms with Gasteiger partial charge in [0.25, 0.3) is 0 Å². The Morgan fingerprint density at radius 3 is 2.89 bits per heavy atom. The molecule has 2 N–H and O–H groups in total. The van der Waals surface area contributed by atoms with Crippen molar-refractivity contribution in [2.75, 3.05) is 6.79 Å². The number of benzene rings is 1. The molecule has 0 fully saturated rings. The molecule has 0 amide bonds. The van der Waals surface area contributed by atoms with Crippen LogP contribution in [0.1, 0.15) is 23.4 Å². The first-order valence-electron chi connectivity index (χ1n) is 6.12. The minimum Gasteiger partial charge on any atom is -0.507 e. The lowest BCUT2D eigenvalue weighted by molar-refractivity contribution is 0.174. The highest BCUT2D eigenvalue weighted by molar-refractivity contribution is 7.10. The molecule has 5 heteroatoms. The minimum atomic E-state index is 0.219. The molecule has 0 spiro atoms. The van der Waals surface area contributed by atoms with Gasteiger partial charge in [0.2, 0.25) is 6.79 Å². The molecule has 19 heavy (non-hydrogen) atoms. The minimum absolute atomic E-state index is 0.219. The molecule has 0 unspecified atom stereocenters. The van der Waals surface area contributed by atoms with Crippen molar-refractivity contribution in [1.29, 1.82) is 0 Å². The summed E-state index contributed by atoms with van der Waals surface area (Å²) in [5.74, 6) is 1.53. The van der Waals surface area contributed by atoms with Gasteiger partial charge in [0.1, 0.15) is 5.75 Å². The largest absolute Gasteiger partial charge is 0.507 e. The van der Waals surface area contributed by atoms with Crippen molar-refractivity contribution in [2.24, 2.45) is 0 Å². The van der Waals surface area contributed by atoms with Crippen molar-refractivity contribution in [3.05, 3.63) is 40.1 Å². The van der Waals surface area contributed by atoms with Crippen LogP contribution in [0.2, 0.25) is 0 Å². The molecular weight excluding hydrogens is 262 g/mol. The van der Waals surface area contributed by atoms with E-state index in [4.69, 9.17) is 9.47 Å². The number of hydrogen-bond acceptors (Lipinski definition) is 5. The van der Waals surface area contributed by atoms with Crippen molar-refractivity contribution in [2.45, 2.75) is 19.5 Å². The first-order valence-corrected chi connectivity index (χ1v) is 7.00. The molecule has 0 saturated carbocycles. The standard InChI is InChI=1S/C14H15NO3S/c1-9(14-3-2-4-19-14)15-7-10-5-12-13(6-11(10)16)18-8-17-12/h2-6,9,15-16H,7-8H2,1H3/t9-/m0/s1. The average molecular weight is 277 g/mol. The number of phenolic OH excluding ortho intramolecular Hbond substituents is 1. The third-order valence-electron chi connectivity index (χ3n) is 3.14. The number of rotatable bonds is 4. The maximum atomic E-state index is 9.95. The highest BCUT2D eigenvalue weighted by Crippen LogP contribution is 2.37. The van der Waals surface area contributed by atoms with Crippen molar-refractivity contribution >= 4 is 11.3 Å². The molecule has 100 valence electrons. The van der Waals surface area contributed by atoms with Crippen molar-refractivity contribution in [1.82, 2.24) is 5.32 Å². The van der Waals surface area contributed by atoms with E-state index < -0.39 is 0 Å². The van der Waals surface area contributed by atoms with Crippen LogP contribution in [0.5, 0.6) is 17.2 Å². The fourth-order valence-corrected chi connectivity index (χ4v) is 2.78. The fourth-order valence-electron chi connectivity index (χ4n) is 2.02. The smallest absolute Gasteiger partial charge is 0.231 e. The summed E-state index contributed by atoms with van der Waals surface area (Å²) in [5, 5.41) is 15.4. The summed E-state index contributed by atoms with van der Waals surface area (Å²) in [6, 6.07) is 7.82. The lowest BCUT2D eigenvalue weighted by Crippen LogP contribution is -2.17. The van der Waals surface area contributed by atoms with E-state index in [0.29, 0.717) is 18.0 Å². The predicted molar refractivity (Wildman–Crippen MR) is 73.8 cm³/mol. The highest BCUT2D eigenvalue weighted by atomic mass is 32.1. The first-order chi connectivity index (χ1) is 9.24. The van der Waals surface area contributed by atoms with Gasteiger partial charge in [0.15, 0.2) is 11.5 Å². The predicted octanol–water partition coefficient (Wildman–Crippen LogP) is 3.03. The Morgan fingerprint density at radius 1 is 1.37 bits per heavy atom. The Labute approximate surface area is 115 Å². The third kappa shape index (κ3) is 2.52. The van der Waals surface area contributed by atoms with Gasteiger partial charge in [0, 0.05) is 29.1 Å². The summed E-state index contributed by atoms with van der Waals surface area (Å²) in [4.78, 5) is 1.28. The number of fused-ring (bicyclic) bond motifs is 1. The summed E-state index contributed by atoms with van der Waals surface area (Å²) in [6.45, 7) is 2.91. The van der Waals surface area contributed by atoms with E-state index in [1.807, 2.05) is 12.1 Å². The molecule has 1 aromatic heterocycles. The number of ether oxygens (including phenoxy) is 2. The molecule has 4 nitrogen and oxygen atoms in total. The average Bonchev–Trinajstić information content (AvgIpc) is 3.06. The molecule has 0 bridgehead atoms. The van der Waals surface area contributed by atoms with E-state index in [0.717, 1.165) is 5.56 Å². The van der Waals surface area contributed by atoms with Gasteiger partial charge in [-0.05, 0) is 24.4 Å². The second-order valence-corrected chi connectivity index (χ2v) is 5.43. The van der Waals surface area contributed by atoms with Gasteiger partial charge in [0.05, 0.1) is 0 Å². The number of hydrogen-bond donors (Lipinski definition) is 2. The topological polar surface area (TPSA) is 50.7 Å². The molecule has 0 aliphatic carbocycles. The Morgan fingerprint density at radius 2 is 2.16 bits per heavy atom. The summed E-state index contributed by atoms with van der Waals surface area (Å²) < 4.78 is 10.5. The molecule has 1 aromatic carbocycles. The Kier molecular flexibility index (Phi) is 3.31. The van der Waals surface area contributed by atoms with Gasteiger partial charge in [-0.1, -0.05) is 6.07 Å². The zero-order valence-electron chi connectivity index (χ0n) is 10.6. The van der Waals surface area contributed by atoms with Gasteiger partial charge >= 0.3 is 0 Å². The van der Waals surface area contributed by atoms with Crippen LogP contribution in [0.4, 0.5) is 0 Å². The van der Waals surface area contributed by atoms with Crippen LogP contribution in [0.3, 0.4) is 0 Å². The summed E-state index contributed by atoms with van der Waals surface area (Å²) in [7, 11) is 0. The van der Waals surface area contributed by atoms with Crippen LogP contribution in [0.15, 0.2) is 29.6 Å². The lowest BCUT2D eigenvalue weighted by Gasteiger charge is -2.13. The second kappa shape index (κ2) is 5.11. The van der Waals surface area contributed by atoms with E-state index >= 15 is 0 Å². The number of aromatic hydroxyl groups is 1. The molecule has 3 rings (SSSR count). The Balaban J connectivity index is 1.70.